The summed E-state index contributed by atoms with van der Waals surface area (Å²) in [5, 5.41) is 10.9. The molecule has 0 fully saturated rings. The summed E-state index contributed by atoms with van der Waals surface area (Å²) < 4.78 is 4.98. The maximum atomic E-state index is 12.3. The first kappa shape index (κ1) is 22.6. The summed E-state index contributed by atoms with van der Waals surface area (Å²) in [7, 11) is 1.37. The molecule has 0 heterocycles. The van der Waals surface area contributed by atoms with Crippen molar-refractivity contribution in [1.82, 2.24) is 0 Å². The monoisotopic (exact) mass is 424 g/mol. The summed E-state index contributed by atoms with van der Waals surface area (Å²) in [6, 6.07) is 0. The number of carbonyl (C=O) groups is 2. The van der Waals surface area contributed by atoms with Crippen LogP contribution in [0.4, 0.5) is 0 Å². The van der Waals surface area contributed by atoms with Crippen LogP contribution in [0.3, 0.4) is 0 Å². The molecule has 0 saturated heterocycles. The van der Waals surface area contributed by atoms with Crippen LogP contribution in [0.15, 0.2) is 46.5 Å². The van der Waals surface area contributed by atoms with Crippen molar-refractivity contribution < 1.29 is 19.4 Å². The Kier molecular flexibility index (Phi) is 10.4. The second-order valence-corrected chi connectivity index (χ2v) is 7.25. The first-order valence-electron chi connectivity index (χ1n) is 9.19. The fourth-order valence-corrected chi connectivity index (χ4v) is 3.28. The van der Waals surface area contributed by atoms with E-state index in [2.05, 4.69) is 33.7 Å². The van der Waals surface area contributed by atoms with Crippen molar-refractivity contribution in [3.63, 3.8) is 0 Å². The molecule has 0 aliphatic heterocycles. The Hall–Kier alpha value is -1.46. The van der Waals surface area contributed by atoms with Crippen molar-refractivity contribution >= 4 is 27.7 Å². The van der Waals surface area contributed by atoms with Crippen molar-refractivity contribution in [2.24, 2.45) is 0 Å². The van der Waals surface area contributed by atoms with Crippen molar-refractivity contribution in [2.75, 3.05) is 7.11 Å². The third-order valence-electron chi connectivity index (χ3n) is 4.24. The minimum atomic E-state index is -1.27. The van der Waals surface area contributed by atoms with E-state index < -0.39 is 5.60 Å². The van der Waals surface area contributed by atoms with E-state index >= 15 is 0 Å². The van der Waals surface area contributed by atoms with Gasteiger partial charge in [0.1, 0.15) is 5.60 Å². The highest BCUT2D eigenvalue weighted by atomic mass is 79.9. The molecule has 0 amide bonds. The number of ether oxygens (including phenoxy) is 1. The molecule has 26 heavy (non-hydrogen) atoms. The number of ketones is 1. The van der Waals surface area contributed by atoms with Gasteiger partial charge in [0.05, 0.1) is 11.6 Å². The molecule has 0 spiro atoms. The van der Waals surface area contributed by atoms with Gasteiger partial charge in [-0.25, -0.2) is 0 Å². The number of unbranched alkanes of at least 4 members (excludes halogenated alkanes) is 4. The number of hydrogen-bond donors (Lipinski definition) is 1. The zero-order valence-electron chi connectivity index (χ0n) is 15.7. The van der Waals surface area contributed by atoms with E-state index in [-0.39, 0.29) is 11.8 Å². The second kappa shape index (κ2) is 12.0. The molecule has 0 saturated carbocycles. The van der Waals surface area contributed by atoms with Crippen molar-refractivity contribution in [3.05, 3.63) is 46.5 Å². The molecular weight excluding hydrogens is 396 g/mol. The molecule has 0 bridgehead atoms. The van der Waals surface area contributed by atoms with E-state index in [0.29, 0.717) is 35.7 Å². The minimum Gasteiger partial charge on any atom is -0.469 e. The van der Waals surface area contributed by atoms with Crippen LogP contribution in [-0.4, -0.2) is 29.6 Å². The van der Waals surface area contributed by atoms with E-state index in [1.165, 1.54) is 20.0 Å². The average Bonchev–Trinajstić information content (AvgIpc) is 2.83. The van der Waals surface area contributed by atoms with E-state index in [1.807, 2.05) is 12.2 Å². The number of carbonyl (C=O) groups excluding carboxylic acids is 2. The molecule has 5 heteroatoms. The van der Waals surface area contributed by atoms with E-state index in [0.717, 1.165) is 12.8 Å². The van der Waals surface area contributed by atoms with Crippen LogP contribution in [-0.2, 0) is 14.3 Å². The van der Waals surface area contributed by atoms with Gasteiger partial charge in [0.2, 0.25) is 0 Å². The standard InChI is InChI=1S/C21H29BrO4/c1-3-4-5-6-9-12-15-21(25)16-18(22)20(24)17(21)13-10-7-8-11-14-19(23)26-2/h7,9-10,12-13,16,25H,3-6,8,11,14-15H2,1-2H3/b10-7+,12-9-,17-13-/t21-/m1/s1. The lowest BCUT2D eigenvalue weighted by Crippen LogP contribution is -2.27. The van der Waals surface area contributed by atoms with Gasteiger partial charge in [-0.15, -0.1) is 0 Å². The van der Waals surface area contributed by atoms with Crippen molar-refractivity contribution in [2.45, 2.75) is 63.9 Å². The second-order valence-electron chi connectivity index (χ2n) is 6.39. The zero-order chi connectivity index (χ0) is 19.4. The van der Waals surface area contributed by atoms with Crippen LogP contribution in [0.2, 0.25) is 0 Å². The molecule has 0 unspecified atom stereocenters. The predicted octanol–water partition coefficient (Wildman–Crippen LogP) is 4.93. The molecule has 4 nitrogen and oxygen atoms in total. The maximum Gasteiger partial charge on any atom is 0.305 e. The Morgan fingerprint density at radius 3 is 2.65 bits per heavy atom. The van der Waals surface area contributed by atoms with Gasteiger partial charge in [-0.2, -0.15) is 0 Å². The lowest BCUT2D eigenvalue weighted by molar-refractivity contribution is -0.140. The molecule has 1 rings (SSSR count). The van der Waals surface area contributed by atoms with Gasteiger partial charge < -0.3 is 9.84 Å². The summed E-state index contributed by atoms with van der Waals surface area (Å²) in [5.41, 5.74) is -0.903. The third-order valence-corrected chi connectivity index (χ3v) is 4.83. The molecular formula is C21H29BrO4. The first-order valence-corrected chi connectivity index (χ1v) is 9.98. The van der Waals surface area contributed by atoms with E-state index in [9.17, 15) is 14.7 Å². The van der Waals surface area contributed by atoms with Gasteiger partial charge >= 0.3 is 5.97 Å². The number of methoxy groups -OCH3 is 1. The molecule has 0 radical (unpaired) electrons. The molecule has 1 N–H and O–H groups in total. The molecule has 1 aliphatic carbocycles. The van der Waals surface area contributed by atoms with Crippen LogP contribution in [0.5, 0.6) is 0 Å². The van der Waals surface area contributed by atoms with Crippen molar-refractivity contribution in [3.8, 4) is 0 Å². The van der Waals surface area contributed by atoms with Gasteiger partial charge in [-0.1, -0.05) is 50.1 Å². The number of hydrogen-bond acceptors (Lipinski definition) is 4. The molecule has 0 aromatic heterocycles. The van der Waals surface area contributed by atoms with Gasteiger partial charge in [-0.3, -0.25) is 9.59 Å². The van der Waals surface area contributed by atoms with Gasteiger partial charge in [0, 0.05) is 18.4 Å². The fourth-order valence-electron chi connectivity index (χ4n) is 2.69. The van der Waals surface area contributed by atoms with Crippen LogP contribution in [0.1, 0.15) is 58.3 Å². The number of halogens is 1. The number of esters is 1. The number of Topliss-reactive ketones (excluding diaryl/α,β-unsaturated/α-hetero) is 1. The van der Waals surface area contributed by atoms with E-state index in [4.69, 9.17) is 0 Å². The number of allylic oxidation sites excluding steroid dienone is 5. The number of aliphatic hydroxyl groups is 1. The van der Waals surface area contributed by atoms with E-state index in [1.54, 1.807) is 18.2 Å². The van der Waals surface area contributed by atoms with Gasteiger partial charge in [0.15, 0.2) is 5.78 Å². The molecule has 0 aromatic rings. The van der Waals surface area contributed by atoms with Gasteiger partial charge in [0.25, 0.3) is 0 Å². The summed E-state index contributed by atoms with van der Waals surface area (Å²) in [5.74, 6) is -0.415. The third kappa shape index (κ3) is 7.42. The topological polar surface area (TPSA) is 63.6 Å². The Morgan fingerprint density at radius 2 is 1.96 bits per heavy atom. The van der Waals surface area contributed by atoms with Crippen molar-refractivity contribution in [1.29, 1.82) is 0 Å². The highest BCUT2D eigenvalue weighted by Gasteiger charge is 2.39. The average molecular weight is 425 g/mol. The predicted molar refractivity (Wildman–Crippen MR) is 108 cm³/mol. The summed E-state index contributed by atoms with van der Waals surface area (Å²) in [6.45, 7) is 2.17. The first-order chi connectivity index (χ1) is 12.4. The SMILES string of the molecule is CCCCC/C=C\C[C@@]1(O)C=C(Br)C(=O)/C1=C/C=C/CCCC(=O)OC. The highest BCUT2D eigenvalue weighted by Crippen LogP contribution is 2.36. The Bertz CT molecular complexity index is 601. The smallest absolute Gasteiger partial charge is 0.305 e. The van der Waals surface area contributed by atoms with Crippen LogP contribution in [0.25, 0.3) is 0 Å². The Labute approximate surface area is 164 Å². The molecule has 0 aromatic carbocycles. The fraction of sp³-hybridized carbons (Fsp3) is 0.524. The Morgan fingerprint density at radius 1 is 1.23 bits per heavy atom. The molecule has 1 atom stereocenters. The quantitative estimate of drug-likeness (QED) is 0.221. The maximum absolute atomic E-state index is 12.3. The molecule has 144 valence electrons. The Balaban J connectivity index is 2.62. The normalized spacial score (nSPS) is 21.9. The number of rotatable bonds is 11. The zero-order valence-corrected chi connectivity index (χ0v) is 17.3. The highest BCUT2D eigenvalue weighted by molar-refractivity contribution is 9.12. The largest absolute Gasteiger partial charge is 0.469 e. The lowest BCUT2D eigenvalue weighted by atomic mass is 9.92. The van der Waals surface area contributed by atoms with Gasteiger partial charge in [-0.05, 0) is 47.7 Å². The van der Waals surface area contributed by atoms with Crippen LogP contribution < -0.4 is 0 Å². The minimum absolute atomic E-state index is 0.189. The summed E-state index contributed by atoms with van der Waals surface area (Å²) in [6.07, 6.45) is 17.5. The summed E-state index contributed by atoms with van der Waals surface area (Å²) in [4.78, 5) is 23.3. The van der Waals surface area contributed by atoms with Crippen LogP contribution in [0, 0.1) is 0 Å². The lowest BCUT2D eigenvalue weighted by Gasteiger charge is -2.20. The summed E-state index contributed by atoms with van der Waals surface area (Å²) >= 11 is 3.23. The molecule has 1 aliphatic rings. The van der Waals surface area contributed by atoms with Crippen LogP contribution >= 0.6 is 15.9 Å².